The van der Waals surface area contributed by atoms with Gasteiger partial charge in [-0.2, -0.15) is 0 Å². The maximum absolute atomic E-state index is 11.5. The van der Waals surface area contributed by atoms with Crippen LogP contribution in [0.1, 0.15) is 31.5 Å². The average Bonchev–Trinajstić information content (AvgIpc) is 2.80. The Labute approximate surface area is 121 Å². The van der Waals surface area contributed by atoms with Crippen LogP contribution in [-0.2, 0) is 6.61 Å². The summed E-state index contributed by atoms with van der Waals surface area (Å²) in [5.41, 5.74) is 5.00. The standard InChI is InChI=1S/C14H17N3O2S/c1-8-4-5-9(2)11(6-8)19-7-12-16-10(3)13(20-12)14(18)17-15/h4-6H,7,15H2,1-3H3,(H,17,18). The highest BCUT2D eigenvalue weighted by atomic mass is 32.1. The molecule has 0 aliphatic heterocycles. The van der Waals surface area contributed by atoms with Crippen LogP contribution >= 0.6 is 11.3 Å². The fraction of sp³-hybridized carbons (Fsp3) is 0.286. The topological polar surface area (TPSA) is 77.2 Å². The number of nitrogens with two attached hydrogens (primary N) is 1. The summed E-state index contributed by atoms with van der Waals surface area (Å²) in [6.07, 6.45) is 0. The first-order valence-electron chi connectivity index (χ1n) is 6.18. The van der Waals surface area contributed by atoms with Crippen LogP contribution in [0, 0.1) is 20.8 Å². The van der Waals surface area contributed by atoms with Crippen LogP contribution in [0.15, 0.2) is 18.2 Å². The van der Waals surface area contributed by atoms with Crippen molar-refractivity contribution in [2.24, 2.45) is 5.84 Å². The molecule has 0 unspecified atom stereocenters. The summed E-state index contributed by atoms with van der Waals surface area (Å²) in [7, 11) is 0. The maximum atomic E-state index is 11.5. The van der Waals surface area contributed by atoms with Crippen LogP contribution in [0.2, 0.25) is 0 Å². The fourth-order valence-electron chi connectivity index (χ4n) is 1.79. The van der Waals surface area contributed by atoms with Gasteiger partial charge < -0.3 is 4.74 Å². The molecule has 0 fully saturated rings. The minimum absolute atomic E-state index is 0.321. The lowest BCUT2D eigenvalue weighted by atomic mass is 10.1. The van der Waals surface area contributed by atoms with E-state index in [1.165, 1.54) is 11.3 Å². The van der Waals surface area contributed by atoms with Gasteiger partial charge in [0.15, 0.2) is 0 Å². The molecule has 0 saturated carbocycles. The van der Waals surface area contributed by atoms with Crippen molar-refractivity contribution in [3.63, 3.8) is 0 Å². The van der Waals surface area contributed by atoms with Gasteiger partial charge in [-0.3, -0.25) is 10.2 Å². The lowest BCUT2D eigenvalue weighted by Crippen LogP contribution is -2.29. The molecule has 6 heteroatoms. The van der Waals surface area contributed by atoms with Crippen LogP contribution in [-0.4, -0.2) is 10.9 Å². The number of rotatable bonds is 4. The lowest BCUT2D eigenvalue weighted by Gasteiger charge is -2.08. The third kappa shape index (κ3) is 3.15. The first kappa shape index (κ1) is 14.5. The second-order valence-corrected chi connectivity index (χ2v) is 5.64. The third-order valence-corrected chi connectivity index (χ3v) is 4.00. The molecule has 3 N–H and O–H groups in total. The fourth-order valence-corrected chi connectivity index (χ4v) is 2.67. The Balaban J connectivity index is 2.11. The second-order valence-electron chi connectivity index (χ2n) is 4.55. The van der Waals surface area contributed by atoms with E-state index < -0.39 is 0 Å². The molecule has 0 bridgehead atoms. The number of ether oxygens (including phenoxy) is 1. The van der Waals surface area contributed by atoms with Gasteiger partial charge in [-0.05, 0) is 38.0 Å². The predicted molar refractivity (Wildman–Crippen MR) is 78.8 cm³/mol. The molecule has 1 aromatic carbocycles. The van der Waals surface area contributed by atoms with E-state index in [-0.39, 0.29) is 5.91 Å². The van der Waals surface area contributed by atoms with Crippen molar-refractivity contribution < 1.29 is 9.53 Å². The average molecular weight is 291 g/mol. The number of nitrogens with one attached hydrogen (secondary N) is 1. The summed E-state index contributed by atoms with van der Waals surface area (Å²) in [6.45, 7) is 6.13. The Morgan fingerprint density at radius 1 is 1.40 bits per heavy atom. The highest BCUT2D eigenvalue weighted by Gasteiger charge is 2.14. The number of aromatic nitrogens is 1. The van der Waals surface area contributed by atoms with Crippen molar-refractivity contribution in [3.05, 3.63) is 44.9 Å². The molecule has 1 heterocycles. The van der Waals surface area contributed by atoms with Gasteiger partial charge in [-0.25, -0.2) is 10.8 Å². The quantitative estimate of drug-likeness (QED) is 0.514. The molecule has 5 nitrogen and oxygen atoms in total. The number of nitrogen functional groups attached to an aromatic ring is 1. The van der Waals surface area contributed by atoms with Crippen molar-refractivity contribution in [1.29, 1.82) is 0 Å². The SMILES string of the molecule is Cc1ccc(C)c(OCc2nc(C)c(C(=O)NN)s2)c1. The zero-order chi connectivity index (χ0) is 14.7. The van der Waals surface area contributed by atoms with Crippen molar-refractivity contribution in [3.8, 4) is 5.75 Å². The molecule has 0 spiro atoms. The van der Waals surface area contributed by atoms with Crippen LogP contribution in [0.5, 0.6) is 5.75 Å². The predicted octanol–water partition coefficient (Wildman–Crippen LogP) is 2.25. The Kier molecular flexibility index (Phi) is 4.36. The van der Waals surface area contributed by atoms with E-state index in [0.717, 1.165) is 21.9 Å². The number of nitrogens with zero attached hydrogens (tertiary/aromatic N) is 1. The zero-order valence-corrected chi connectivity index (χ0v) is 12.5. The number of benzene rings is 1. The molecule has 2 rings (SSSR count). The molecule has 1 amide bonds. The van der Waals surface area contributed by atoms with Crippen LogP contribution in [0.4, 0.5) is 0 Å². The van der Waals surface area contributed by atoms with Crippen molar-refractivity contribution in [2.75, 3.05) is 0 Å². The summed E-state index contributed by atoms with van der Waals surface area (Å²) in [4.78, 5) is 16.4. The number of hydrogen-bond acceptors (Lipinski definition) is 5. The van der Waals surface area contributed by atoms with E-state index in [1.54, 1.807) is 6.92 Å². The minimum Gasteiger partial charge on any atom is -0.486 e. The van der Waals surface area contributed by atoms with Gasteiger partial charge >= 0.3 is 0 Å². The number of hydrogen-bond donors (Lipinski definition) is 2. The molecular formula is C14H17N3O2S. The second kappa shape index (κ2) is 6.02. The first-order valence-corrected chi connectivity index (χ1v) is 7.00. The molecule has 0 aliphatic rings. The van der Waals surface area contributed by atoms with Gasteiger partial charge in [0.1, 0.15) is 22.2 Å². The van der Waals surface area contributed by atoms with E-state index in [1.807, 2.05) is 32.0 Å². The van der Waals surface area contributed by atoms with Crippen LogP contribution in [0.25, 0.3) is 0 Å². The molecule has 0 aliphatic carbocycles. The number of amides is 1. The maximum Gasteiger partial charge on any atom is 0.277 e. The highest BCUT2D eigenvalue weighted by molar-refractivity contribution is 7.13. The monoisotopic (exact) mass is 291 g/mol. The Hall–Kier alpha value is -1.92. The van der Waals surface area contributed by atoms with Gasteiger partial charge in [0.05, 0.1) is 5.69 Å². The van der Waals surface area contributed by atoms with E-state index in [2.05, 4.69) is 10.4 Å². The number of hydrazine groups is 1. The molecule has 0 atom stereocenters. The van der Waals surface area contributed by atoms with E-state index in [0.29, 0.717) is 17.2 Å². The van der Waals surface area contributed by atoms with E-state index in [4.69, 9.17) is 10.6 Å². The van der Waals surface area contributed by atoms with Crippen molar-refractivity contribution in [1.82, 2.24) is 10.4 Å². The smallest absolute Gasteiger partial charge is 0.277 e. The van der Waals surface area contributed by atoms with Crippen molar-refractivity contribution in [2.45, 2.75) is 27.4 Å². The van der Waals surface area contributed by atoms with E-state index in [9.17, 15) is 4.79 Å². The molecule has 20 heavy (non-hydrogen) atoms. The van der Waals surface area contributed by atoms with Gasteiger partial charge in [0.2, 0.25) is 0 Å². The molecule has 1 aromatic heterocycles. The summed E-state index contributed by atoms with van der Waals surface area (Å²) >= 11 is 1.29. The third-order valence-electron chi connectivity index (χ3n) is 2.87. The number of carbonyl (C=O) groups excluding carboxylic acids is 1. The molecule has 106 valence electrons. The van der Waals surface area contributed by atoms with Crippen LogP contribution in [0.3, 0.4) is 0 Å². The van der Waals surface area contributed by atoms with Crippen molar-refractivity contribution >= 4 is 17.2 Å². The Morgan fingerprint density at radius 2 is 2.15 bits per heavy atom. The van der Waals surface area contributed by atoms with E-state index >= 15 is 0 Å². The summed E-state index contributed by atoms with van der Waals surface area (Å²) in [6, 6.07) is 6.05. The van der Waals surface area contributed by atoms with Gasteiger partial charge in [-0.15, -0.1) is 11.3 Å². The molecule has 0 saturated heterocycles. The van der Waals surface area contributed by atoms with Crippen LogP contribution < -0.4 is 16.0 Å². The number of thiazole rings is 1. The summed E-state index contributed by atoms with van der Waals surface area (Å²) in [5.74, 6) is 5.65. The molecular weight excluding hydrogens is 274 g/mol. The molecule has 2 aromatic rings. The van der Waals surface area contributed by atoms with Gasteiger partial charge in [0, 0.05) is 0 Å². The Bertz CT molecular complexity index is 637. The van der Waals surface area contributed by atoms with Gasteiger partial charge in [0.25, 0.3) is 5.91 Å². The number of aryl methyl sites for hydroxylation is 3. The summed E-state index contributed by atoms with van der Waals surface area (Å²) < 4.78 is 5.77. The molecule has 0 radical (unpaired) electrons. The number of carbonyl (C=O) groups is 1. The minimum atomic E-state index is -0.321. The highest BCUT2D eigenvalue weighted by Crippen LogP contribution is 2.23. The normalized spacial score (nSPS) is 10.4. The zero-order valence-electron chi connectivity index (χ0n) is 11.7. The lowest BCUT2D eigenvalue weighted by molar-refractivity contribution is 0.0957. The first-order chi connectivity index (χ1) is 9.51. The van der Waals surface area contributed by atoms with Gasteiger partial charge in [-0.1, -0.05) is 12.1 Å². The largest absolute Gasteiger partial charge is 0.486 e. The summed E-state index contributed by atoms with van der Waals surface area (Å²) in [5, 5.41) is 0.752. The Morgan fingerprint density at radius 3 is 2.85 bits per heavy atom.